The summed E-state index contributed by atoms with van der Waals surface area (Å²) in [5.74, 6) is -1.17. The quantitative estimate of drug-likeness (QED) is 0.682. The largest absolute Gasteiger partial charge is 0.351 e. The van der Waals surface area contributed by atoms with Crippen LogP contribution in [0.4, 0.5) is 4.79 Å². The van der Waals surface area contributed by atoms with E-state index in [-0.39, 0.29) is 0 Å². The SMILES string of the molecule is CC(C)(C)C(=O)N(C(N)=O)C(=O)C(C)(C)C. The lowest BCUT2D eigenvalue weighted by Gasteiger charge is -2.29. The second-order valence-electron chi connectivity index (χ2n) is 5.78. The zero-order valence-electron chi connectivity index (χ0n) is 10.7. The van der Waals surface area contributed by atoms with Crippen molar-refractivity contribution in [2.24, 2.45) is 16.6 Å². The highest BCUT2D eigenvalue weighted by atomic mass is 16.2. The summed E-state index contributed by atoms with van der Waals surface area (Å²) in [6, 6.07) is -1.03. The molecule has 0 spiro atoms. The molecule has 0 heterocycles. The van der Waals surface area contributed by atoms with Crippen molar-refractivity contribution in [2.45, 2.75) is 41.5 Å². The normalized spacial score (nSPS) is 12.1. The molecule has 0 radical (unpaired) electrons. The monoisotopic (exact) mass is 228 g/mol. The minimum Gasteiger partial charge on any atom is -0.351 e. The van der Waals surface area contributed by atoms with Gasteiger partial charge in [-0.05, 0) is 0 Å². The van der Waals surface area contributed by atoms with Crippen molar-refractivity contribution in [2.75, 3.05) is 0 Å². The highest BCUT2D eigenvalue weighted by Gasteiger charge is 2.39. The maximum absolute atomic E-state index is 11.9. The second-order valence-corrected chi connectivity index (χ2v) is 5.78. The molecule has 16 heavy (non-hydrogen) atoms. The fourth-order valence-corrected chi connectivity index (χ4v) is 0.963. The van der Waals surface area contributed by atoms with Crippen LogP contribution in [0.15, 0.2) is 0 Å². The molecule has 4 amide bonds. The molecule has 0 bridgehead atoms. The van der Waals surface area contributed by atoms with Gasteiger partial charge in [0.1, 0.15) is 0 Å². The molecule has 92 valence electrons. The Labute approximate surface area is 96.0 Å². The van der Waals surface area contributed by atoms with Crippen molar-refractivity contribution in [1.82, 2.24) is 4.90 Å². The van der Waals surface area contributed by atoms with Gasteiger partial charge in [0, 0.05) is 10.8 Å². The zero-order valence-corrected chi connectivity index (χ0v) is 10.7. The van der Waals surface area contributed by atoms with Crippen LogP contribution in [0.3, 0.4) is 0 Å². The Morgan fingerprint density at radius 1 is 0.812 bits per heavy atom. The van der Waals surface area contributed by atoms with Gasteiger partial charge in [-0.15, -0.1) is 0 Å². The van der Waals surface area contributed by atoms with Crippen molar-refractivity contribution in [1.29, 1.82) is 0 Å². The lowest BCUT2D eigenvalue weighted by molar-refractivity contribution is -0.150. The van der Waals surface area contributed by atoms with Crippen LogP contribution in [0.5, 0.6) is 0 Å². The molecule has 0 aromatic rings. The van der Waals surface area contributed by atoms with E-state index in [0.29, 0.717) is 4.90 Å². The van der Waals surface area contributed by atoms with Gasteiger partial charge in [-0.2, -0.15) is 4.90 Å². The van der Waals surface area contributed by atoms with Crippen LogP contribution < -0.4 is 5.73 Å². The smallest absolute Gasteiger partial charge is 0.328 e. The number of primary amides is 1. The number of nitrogens with two attached hydrogens (primary N) is 1. The van der Waals surface area contributed by atoms with E-state index in [2.05, 4.69) is 0 Å². The third-order valence-corrected chi connectivity index (χ3v) is 1.91. The van der Waals surface area contributed by atoms with Gasteiger partial charge in [-0.3, -0.25) is 9.59 Å². The van der Waals surface area contributed by atoms with Crippen molar-refractivity contribution in [3.63, 3.8) is 0 Å². The molecule has 2 N–H and O–H groups in total. The summed E-state index contributed by atoms with van der Waals surface area (Å²) in [6.07, 6.45) is 0. The first-order valence-electron chi connectivity index (χ1n) is 5.07. The number of amides is 4. The first-order chi connectivity index (χ1) is 6.89. The summed E-state index contributed by atoms with van der Waals surface area (Å²) in [4.78, 5) is 35.5. The molecule has 0 rings (SSSR count). The van der Waals surface area contributed by atoms with E-state index in [1.54, 1.807) is 41.5 Å². The molecular weight excluding hydrogens is 208 g/mol. The maximum Gasteiger partial charge on any atom is 0.328 e. The lowest BCUT2D eigenvalue weighted by atomic mass is 9.91. The Bertz CT molecular complexity index is 295. The van der Waals surface area contributed by atoms with Crippen LogP contribution in [0, 0.1) is 10.8 Å². The standard InChI is InChI=1S/C11H20N2O3/c1-10(2,3)7(14)13(9(12)16)8(15)11(4,5)6/h1-6H3,(H2,12,16). The molecule has 0 atom stereocenters. The summed E-state index contributed by atoms with van der Waals surface area (Å²) in [5.41, 5.74) is 3.43. The topological polar surface area (TPSA) is 80.5 Å². The molecule has 0 saturated carbocycles. The van der Waals surface area contributed by atoms with Gasteiger partial charge >= 0.3 is 6.03 Å². The van der Waals surface area contributed by atoms with E-state index in [1.165, 1.54) is 0 Å². The van der Waals surface area contributed by atoms with Gasteiger partial charge in [-0.25, -0.2) is 4.79 Å². The number of rotatable bonds is 0. The first kappa shape index (κ1) is 14.6. The molecule has 0 aromatic carbocycles. The number of imide groups is 3. The van der Waals surface area contributed by atoms with Crippen LogP contribution in [0.1, 0.15) is 41.5 Å². The molecule has 0 aliphatic carbocycles. The van der Waals surface area contributed by atoms with E-state index in [9.17, 15) is 14.4 Å². The summed E-state index contributed by atoms with van der Waals surface area (Å²) < 4.78 is 0. The van der Waals surface area contributed by atoms with Crippen molar-refractivity contribution >= 4 is 17.8 Å². The fraction of sp³-hybridized carbons (Fsp3) is 0.727. The van der Waals surface area contributed by atoms with E-state index >= 15 is 0 Å². The molecule has 0 unspecified atom stereocenters. The van der Waals surface area contributed by atoms with Gasteiger partial charge in [-0.1, -0.05) is 41.5 Å². The zero-order chi connectivity index (χ0) is 13.3. The Kier molecular flexibility index (Phi) is 3.87. The van der Waals surface area contributed by atoms with Gasteiger partial charge in [0.25, 0.3) is 0 Å². The third-order valence-electron chi connectivity index (χ3n) is 1.91. The Balaban J connectivity index is 5.29. The molecule has 0 fully saturated rings. The van der Waals surface area contributed by atoms with Crippen molar-refractivity contribution in [3.8, 4) is 0 Å². The molecule has 0 aliphatic rings. The van der Waals surface area contributed by atoms with Gasteiger partial charge in [0.2, 0.25) is 11.8 Å². The van der Waals surface area contributed by atoms with Crippen LogP contribution in [0.2, 0.25) is 0 Å². The maximum atomic E-state index is 11.9. The predicted octanol–water partition coefficient (Wildman–Crippen LogP) is 1.51. The molecule has 5 nitrogen and oxygen atoms in total. The van der Waals surface area contributed by atoms with Gasteiger partial charge in [0.15, 0.2) is 0 Å². The Hall–Kier alpha value is -1.39. The summed E-state index contributed by atoms with van der Waals surface area (Å²) >= 11 is 0. The van der Waals surface area contributed by atoms with E-state index in [0.717, 1.165) is 0 Å². The number of carbonyl (C=O) groups excluding carboxylic acids is 3. The number of urea groups is 1. The van der Waals surface area contributed by atoms with Crippen LogP contribution >= 0.6 is 0 Å². The number of hydrogen-bond acceptors (Lipinski definition) is 3. The minimum atomic E-state index is -1.03. The predicted molar refractivity (Wildman–Crippen MR) is 60.3 cm³/mol. The summed E-state index contributed by atoms with van der Waals surface area (Å²) in [6.45, 7) is 9.76. The Morgan fingerprint density at radius 2 is 1.06 bits per heavy atom. The summed E-state index contributed by atoms with van der Waals surface area (Å²) in [5, 5.41) is 0. The van der Waals surface area contributed by atoms with Crippen LogP contribution in [0.25, 0.3) is 0 Å². The summed E-state index contributed by atoms with van der Waals surface area (Å²) in [7, 11) is 0. The lowest BCUT2D eigenvalue weighted by Crippen LogP contribution is -2.53. The van der Waals surface area contributed by atoms with E-state index in [1.807, 2.05) is 0 Å². The number of nitrogens with zero attached hydrogens (tertiary/aromatic N) is 1. The number of hydrogen-bond donors (Lipinski definition) is 1. The van der Waals surface area contributed by atoms with Gasteiger partial charge in [0.05, 0.1) is 0 Å². The molecule has 0 aromatic heterocycles. The average Bonchev–Trinajstić information content (AvgIpc) is 1.99. The second kappa shape index (κ2) is 4.23. The number of carbonyl (C=O) groups is 3. The molecule has 0 saturated heterocycles. The highest BCUT2D eigenvalue weighted by Crippen LogP contribution is 2.23. The highest BCUT2D eigenvalue weighted by molar-refractivity contribution is 6.12. The van der Waals surface area contributed by atoms with E-state index < -0.39 is 28.7 Å². The average molecular weight is 228 g/mol. The Morgan fingerprint density at radius 3 is 1.19 bits per heavy atom. The van der Waals surface area contributed by atoms with Gasteiger partial charge < -0.3 is 5.73 Å². The third kappa shape index (κ3) is 3.32. The molecular formula is C11H20N2O3. The minimum absolute atomic E-state index is 0.528. The van der Waals surface area contributed by atoms with Crippen molar-refractivity contribution in [3.05, 3.63) is 0 Å². The van der Waals surface area contributed by atoms with E-state index in [4.69, 9.17) is 5.73 Å². The van der Waals surface area contributed by atoms with Crippen molar-refractivity contribution < 1.29 is 14.4 Å². The first-order valence-corrected chi connectivity index (χ1v) is 5.07. The van der Waals surface area contributed by atoms with Crippen LogP contribution in [-0.4, -0.2) is 22.7 Å². The molecule has 5 heteroatoms. The molecule has 0 aliphatic heterocycles. The van der Waals surface area contributed by atoms with Crippen LogP contribution in [-0.2, 0) is 9.59 Å². The fourth-order valence-electron chi connectivity index (χ4n) is 0.963.